The van der Waals surface area contributed by atoms with E-state index in [1.54, 1.807) is 36.1 Å². The molecule has 3 aromatic rings. The van der Waals surface area contributed by atoms with Gasteiger partial charge < -0.3 is 14.8 Å². The number of carbonyl (C=O) groups excluding carboxylic acids is 1. The van der Waals surface area contributed by atoms with Crippen LogP contribution in [0.25, 0.3) is 5.69 Å². The highest BCUT2D eigenvalue weighted by Gasteiger charge is 2.18. The molecule has 0 aliphatic rings. The lowest BCUT2D eigenvalue weighted by Crippen LogP contribution is -2.25. The van der Waals surface area contributed by atoms with Crippen LogP contribution in [-0.4, -0.2) is 47.0 Å². The minimum absolute atomic E-state index is 0.234. The van der Waals surface area contributed by atoms with Gasteiger partial charge in [-0.15, -0.1) is 0 Å². The zero-order valence-electron chi connectivity index (χ0n) is 16.1. The van der Waals surface area contributed by atoms with E-state index in [2.05, 4.69) is 15.3 Å². The Morgan fingerprint density at radius 3 is 2.72 bits per heavy atom. The van der Waals surface area contributed by atoms with Crippen molar-refractivity contribution in [1.29, 1.82) is 0 Å². The van der Waals surface area contributed by atoms with E-state index >= 15 is 0 Å². The van der Waals surface area contributed by atoms with Crippen LogP contribution in [0.2, 0.25) is 0 Å². The highest BCUT2D eigenvalue weighted by Crippen LogP contribution is 2.22. The number of nitrogens with zero attached hydrogens (tertiary/aromatic N) is 3. The highest BCUT2D eigenvalue weighted by molar-refractivity contribution is 7.98. The maximum absolute atomic E-state index is 13.3. The van der Waals surface area contributed by atoms with Gasteiger partial charge in [-0.3, -0.25) is 9.36 Å². The van der Waals surface area contributed by atoms with E-state index < -0.39 is 0 Å². The van der Waals surface area contributed by atoms with Crippen LogP contribution in [0.4, 0.5) is 4.39 Å². The monoisotopic (exact) mass is 416 g/mol. The maximum atomic E-state index is 13.3. The van der Waals surface area contributed by atoms with Crippen LogP contribution in [0.15, 0.2) is 53.9 Å². The summed E-state index contributed by atoms with van der Waals surface area (Å²) < 4.78 is 25.6. The Bertz CT molecular complexity index is 963. The third-order valence-electron chi connectivity index (χ3n) is 4.05. The molecule has 1 amide bonds. The number of rotatable bonds is 9. The van der Waals surface area contributed by atoms with E-state index in [9.17, 15) is 9.18 Å². The van der Waals surface area contributed by atoms with Gasteiger partial charge in [0.15, 0.2) is 5.16 Å². The molecule has 0 bridgehead atoms. The Labute approximate surface area is 172 Å². The third-order valence-corrected chi connectivity index (χ3v) is 4.70. The van der Waals surface area contributed by atoms with Gasteiger partial charge in [0, 0.05) is 31.1 Å². The summed E-state index contributed by atoms with van der Waals surface area (Å²) in [7, 11) is 1.59. The van der Waals surface area contributed by atoms with Gasteiger partial charge in [0.25, 0.3) is 5.91 Å². The Hall–Kier alpha value is -2.91. The maximum Gasteiger partial charge on any atom is 0.270 e. The number of carbonyl (C=O) groups is 1. The molecule has 9 heteroatoms. The predicted octanol–water partition coefficient (Wildman–Crippen LogP) is 3.08. The molecule has 0 atom stereocenters. The van der Waals surface area contributed by atoms with Crippen molar-refractivity contribution in [2.24, 2.45) is 0 Å². The van der Waals surface area contributed by atoms with E-state index in [-0.39, 0.29) is 18.3 Å². The van der Waals surface area contributed by atoms with Crippen LogP contribution in [0.1, 0.15) is 16.1 Å². The van der Waals surface area contributed by atoms with Crippen LogP contribution < -0.4 is 10.1 Å². The number of imidazole rings is 1. The fraction of sp³-hybridized carbons (Fsp3) is 0.250. The fourth-order valence-corrected chi connectivity index (χ4v) is 3.20. The lowest BCUT2D eigenvalue weighted by Gasteiger charge is -2.13. The van der Waals surface area contributed by atoms with Crippen molar-refractivity contribution in [3.05, 3.63) is 65.9 Å². The van der Waals surface area contributed by atoms with Crippen LogP contribution >= 0.6 is 11.8 Å². The lowest BCUT2D eigenvalue weighted by atomic mass is 10.2. The molecule has 2 aromatic heterocycles. The number of halogens is 1. The summed E-state index contributed by atoms with van der Waals surface area (Å²) >= 11 is 1.40. The first-order chi connectivity index (χ1) is 14.1. The Kier molecular flexibility index (Phi) is 7.20. The number of thioether (sulfide) groups is 1. The lowest BCUT2D eigenvalue weighted by molar-refractivity contribution is 0.0942. The summed E-state index contributed by atoms with van der Waals surface area (Å²) in [5, 5.41) is 3.50. The average Bonchev–Trinajstić information content (AvgIpc) is 3.18. The molecule has 3 rings (SSSR count). The molecule has 152 valence electrons. The molecule has 2 heterocycles. The molecule has 0 aliphatic carbocycles. The minimum Gasteiger partial charge on any atom is -0.475 e. The molecule has 0 spiro atoms. The topological polar surface area (TPSA) is 78.3 Å². The normalized spacial score (nSPS) is 10.7. The molecule has 0 unspecified atom stereocenters. The van der Waals surface area contributed by atoms with Gasteiger partial charge in [-0.2, -0.15) is 0 Å². The van der Waals surface area contributed by atoms with Crippen LogP contribution in [0, 0.1) is 5.82 Å². The first-order valence-electron chi connectivity index (χ1n) is 8.85. The summed E-state index contributed by atoms with van der Waals surface area (Å²) in [6.45, 7) is 1.04. The summed E-state index contributed by atoms with van der Waals surface area (Å²) in [6.07, 6.45) is 4.99. The van der Waals surface area contributed by atoms with Gasteiger partial charge in [-0.1, -0.05) is 17.8 Å². The van der Waals surface area contributed by atoms with Gasteiger partial charge in [0.2, 0.25) is 5.88 Å². The van der Waals surface area contributed by atoms with E-state index in [1.807, 2.05) is 12.3 Å². The molecular formula is C20H21FN4O3S. The number of amides is 1. The van der Waals surface area contributed by atoms with Crippen molar-refractivity contribution in [1.82, 2.24) is 19.9 Å². The first kappa shape index (κ1) is 20.8. The molecule has 1 aromatic carbocycles. The summed E-state index contributed by atoms with van der Waals surface area (Å²) in [5.41, 5.74) is 1.75. The molecule has 7 nitrogen and oxygen atoms in total. The van der Waals surface area contributed by atoms with E-state index in [0.29, 0.717) is 35.6 Å². The molecule has 29 heavy (non-hydrogen) atoms. The molecule has 0 fully saturated rings. The summed E-state index contributed by atoms with van der Waals surface area (Å²) in [4.78, 5) is 21.3. The number of ether oxygens (including phenoxy) is 2. The number of hydrogen-bond acceptors (Lipinski definition) is 6. The van der Waals surface area contributed by atoms with Crippen LogP contribution in [0.3, 0.4) is 0 Å². The average molecular weight is 416 g/mol. The van der Waals surface area contributed by atoms with Crippen molar-refractivity contribution in [2.45, 2.75) is 11.7 Å². The second-order valence-electron chi connectivity index (χ2n) is 5.93. The van der Waals surface area contributed by atoms with Gasteiger partial charge in [0.05, 0.1) is 12.8 Å². The Morgan fingerprint density at radius 1 is 1.21 bits per heavy atom. The molecule has 0 saturated carbocycles. The van der Waals surface area contributed by atoms with Gasteiger partial charge in [0.1, 0.15) is 18.1 Å². The van der Waals surface area contributed by atoms with Crippen molar-refractivity contribution >= 4 is 17.7 Å². The Balaban J connectivity index is 1.77. The van der Waals surface area contributed by atoms with Crippen LogP contribution in [0.5, 0.6) is 5.88 Å². The predicted molar refractivity (Wildman–Crippen MR) is 108 cm³/mol. The fourth-order valence-electron chi connectivity index (χ4n) is 2.66. The van der Waals surface area contributed by atoms with Crippen molar-refractivity contribution in [3.8, 4) is 11.6 Å². The zero-order valence-corrected chi connectivity index (χ0v) is 16.9. The Morgan fingerprint density at radius 2 is 2.00 bits per heavy atom. The number of pyridine rings is 1. The standard InChI is InChI=1S/C20H21FN4O3S/c1-27-10-11-28-19-14(4-3-9-22-19)12-23-18(26)17-13-24-20(29-2)25(17)16-7-5-15(21)6-8-16/h3-9,13H,10-12H2,1-2H3,(H,23,26). The highest BCUT2D eigenvalue weighted by atomic mass is 32.2. The molecular weight excluding hydrogens is 395 g/mol. The smallest absolute Gasteiger partial charge is 0.270 e. The van der Waals surface area contributed by atoms with Gasteiger partial charge in [-0.25, -0.2) is 14.4 Å². The van der Waals surface area contributed by atoms with Crippen molar-refractivity contribution < 1.29 is 18.7 Å². The molecule has 0 saturated heterocycles. The summed E-state index contributed by atoms with van der Waals surface area (Å²) in [5.74, 6) is -0.210. The van der Waals surface area contributed by atoms with Gasteiger partial charge >= 0.3 is 0 Å². The number of nitrogens with one attached hydrogen (secondary N) is 1. The SMILES string of the molecule is COCCOc1ncccc1CNC(=O)c1cnc(SC)n1-c1ccc(F)cc1. The number of methoxy groups -OCH3 is 1. The zero-order chi connectivity index (χ0) is 20.6. The van der Waals surface area contributed by atoms with Gasteiger partial charge in [-0.05, 0) is 36.6 Å². The minimum atomic E-state index is -0.344. The molecule has 0 radical (unpaired) electrons. The van der Waals surface area contributed by atoms with E-state index in [4.69, 9.17) is 9.47 Å². The second-order valence-corrected chi connectivity index (χ2v) is 6.71. The van der Waals surface area contributed by atoms with Crippen LogP contribution in [-0.2, 0) is 11.3 Å². The van der Waals surface area contributed by atoms with E-state index in [0.717, 1.165) is 5.56 Å². The first-order valence-corrected chi connectivity index (χ1v) is 10.1. The van der Waals surface area contributed by atoms with Crippen molar-refractivity contribution in [2.75, 3.05) is 26.6 Å². The largest absolute Gasteiger partial charge is 0.475 e. The molecule has 1 N–H and O–H groups in total. The number of benzene rings is 1. The quantitative estimate of drug-likeness (QED) is 0.427. The van der Waals surface area contributed by atoms with E-state index in [1.165, 1.54) is 30.1 Å². The van der Waals surface area contributed by atoms with Crippen molar-refractivity contribution in [3.63, 3.8) is 0 Å². The number of aromatic nitrogens is 3. The second kappa shape index (κ2) is 10.0. The molecule has 0 aliphatic heterocycles. The number of hydrogen-bond donors (Lipinski definition) is 1. The third kappa shape index (κ3) is 5.12. The summed E-state index contributed by atoms with van der Waals surface area (Å²) in [6, 6.07) is 9.52.